The third-order valence-corrected chi connectivity index (χ3v) is 2.76. The van der Waals surface area contributed by atoms with Crippen LogP contribution in [0.5, 0.6) is 0 Å². The van der Waals surface area contributed by atoms with Gasteiger partial charge in [-0.3, -0.25) is 29.8 Å². The van der Waals surface area contributed by atoms with Crippen molar-refractivity contribution >= 4 is 17.3 Å². The van der Waals surface area contributed by atoms with Gasteiger partial charge in [0.1, 0.15) is 5.56 Å². The van der Waals surface area contributed by atoms with E-state index in [-0.39, 0.29) is 4.57 Å². The van der Waals surface area contributed by atoms with Crippen LogP contribution in [0, 0.1) is 26.0 Å². The van der Waals surface area contributed by atoms with Gasteiger partial charge in [-0.15, -0.1) is 0 Å². The van der Waals surface area contributed by atoms with Crippen molar-refractivity contribution in [2.75, 3.05) is 0 Å². The molecule has 0 aliphatic heterocycles. The van der Waals surface area contributed by atoms with E-state index in [1.54, 1.807) is 4.98 Å². The third kappa shape index (κ3) is 2.72. The molecule has 0 spiro atoms. The summed E-state index contributed by atoms with van der Waals surface area (Å²) in [7, 11) is 0. The van der Waals surface area contributed by atoms with Crippen molar-refractivity contribution in [2.24, 2.45) is 0 Å². The average Bonchev–Trinajstić information content (AvgIpc) is 2.50. The lowest BCUT2D eigenvalue weighted by Gasteiger charge is -2.04. The summed E-state index contributed by atoms with van der Waals surface area (Å²) in [4.78, 5) is 56.5. The zero-order chi connectivity index (χ0) is 17.3. The topological polar surface area (TPSA) is 158 Å². The summed E-state index contributed by atoms with van der Waals surface area (Å²) in [5, 5.41) is 21.6. The SMILES string of the molecule is O=C(c1ccc([N+](=O)[O-])cc1[N+](=O)[O-])n1c(=O)[nH]cc(F)c1=O. The predicted octanol–water partition coefficient (Wildman–Crippen LogP) is 0.181. The summed E-state index contributed by atoms with van der Waals surface area (Å²) in [5.41, 5.74) is -5.37. The van der Waals surface area contributed by atoms with Crippen LogP contribution in [-0.4, -0.2) is 25.3 Å². The van der Waals surface area contributed by atoms with Crippen LogP contribution in [0.15, 0.2) is 34.0 Å². The van der Waals surface area contributed by atoms with Crippen LogP contribution >= 0.6 is 0 Å². The summed E-state index contributed by atoms with van der Waals surface area (Å²) in [6, 6.07) is 1.97. The van der Waals surface area contributed by atoms with Gasteiger partial charge >= 0.3 is 5.69 Å². The number of benzene rings is 1. The minimum Gasteiger partial charge on any atom is -0.311 e. The van der Waals surface area contributed by atoms with Crippen molar-refractivity contribution in [3.05, 3.63) is 76.8 Å². The van der Waals surface area contributed by atoms with Crippen molar-refractivity contribution in [2.45, 2.75) is 0 Å². The summed E-state index contributed by atoms with van der Waals surface area (Å²) >= 11 is 0. The maximum Gasteiger partial charge on any atom is 0.335 e. The number of carbonyl (C=O) groups excluding carboxylic acids is 1. The molecule has 23 heavy (non-hydrogen) atoms. The van der Waals surface area contributed by atoms with Gasteiger partial charge in [0.2, 0.25) is 5.82 Å². The molecule has 1 aromatic heterocycles. The number of hydrogen-bond donors (Lipinski definition) is 1. The van der Waals surface area contributed by atoms with Gasteiger partial charge in [0.15, 0.2) is 0 Å². The second-order valence-corrected chi connectivity index (χ2v) is 4.10. The molecule has 0 saturated carbocycles. The molecule has 118 valence electrons. The summed E-state index contributed by atoms with van der Waals surface area (Å²) in [6.07, 6.45) is 0.429. The molecular weight excluding hydrogens is 319 g/mol. The standard InChI is InChI=1S/C11H5FN4O7/c12-7-4-13-11(19)14(10(7)18)9(17)6-2-1-5(15(20)21)3-8(6)16(22)23/h1-4H,(H,13,19). The first-order valence-corrected chi connectivity index (χ1v) is 5.72. The molecule has 2 aromatic rings. The molecule has 2 rings (SSSR count). The maximum absolute atomic E-state index is 13.2. The molecule has 0 amide bonds. The maximum atomic E-state index is 13.2. The van der Waals surface area contributed by atoms with E-state index in [1.807, 2.05) is 0 Å². The highest BCUT2D eigenvalue weighted by Gasteiger charge is 2.27. The predicted molar refractivity (Wildman–Crippen MR) is 70.8 cm³/mol. The number of hydrogen-bond acceptors (Lipinski definition) is 7. The van der Waals surface area contributed by atoms with Crippen LogP contribution in [0.3, 0.4) is 0 Å². The Morgan fingerprint density at radius 2 is 1.83 bits per heavy atom. The second kappa shape index (κ2) is 5.59. The first kappa shape index (κ1) is 15.7. The number of carbonyl (C=O) groups is 1. The lowest BCUT2D eigenvalue weighted by Crippen LogP contribution is -2.41. The van der Waals surface area contributed by atoms with E-state index in [0.717, 1.165) is 6.07 Å². The Hall–Kier alpha value is -3.70. The molecule has 11 nitrogen and oxygen atoms in total. The largest absolute Gasteiger partial charge is 0.335 e. The fourth-order valence-corrected chi connectivity index (χ4v) is 1.72. The number of halogens is 1. The van der Waals surface area contributed by atoms with E-state index < -0.39 is 49.8 Å². The Bertz CT molecular complexity index is 962. The molecule has 0 bridgehead atoms. The van der Waals surface area contributed by atoms with E-state index >= 15 is 0 Å². The first-order valence-electron chi connectivity index (χ1n) is 5.72. The van der Waals surface area contributed by atoms with Gasteiger partial charge in [-0.05, 0) is 6.07 Å². The van der Waals surface area contributed by atoms with E-state index in [1.165, 1.54) is 0 Å². The van der Waals surface area contributed by atoms with E-state index in [9.17, 15) is 39.0 Å². The molecule has 0 fully saturated rings. The minimum absolute atomic E-state index is 0.177. The number of nitrogens with zero attached hydrogens (tertiary/aromatic N) is 3. The Balaban J connectivity index is 2.73. The fraction of sp³-hybridized carbons (Fsp3) is 0. The molecule has 0 radical (unpaired) electrons. The molecule has 0 aliphatic rings. The van der Waals surface area contributed by atoms with Gasteiger partial charge in [0.25, 0.3) is 22.8 Å². The molecule has 0 saturated heterocycles. The zero-order valence-corrected chi connectivity index (χ0v) is 10.9. The lowest BCUT2D eigenvalue weighted by atomic mass is 10.1. The smallest absolute Gasteiger partial charge is 0.311 e. The van der Waals surface area contributed by atoms with Gasteiger partial charge in [-0.25, -0.2) is 4.79 Å². The molecular formula is C11H5FN4O7. The summed E-state index contributed by atoms with van der Waals surface area (Å²) < 4.78 is 13.0. The van der Waals surface area contributed by atoms with Crippen LogP contribution in [0.25, 0.3) is 0 Å². The normalized spacial score (nSPS) is 10.3. The number of non-ortho nitro benzene ring substituents is 1. The fourth-order valence-electron chi connectivity index (χ4n) is 1.72. The molecule has 1 heterocycles. The Labute approximate surface area is 123 Å². The minimum atomic E-state index is -1.61. The number of nitro benzene ring substituents is 2. The highest BCUT2D eigenvalue weighted by Crippen LogP contribution is 2.24. The van der Waals surface area contributed by atoms with Crippen LogP contribution < -0.4 is 11.2 Å². The van der Waals surface area contributed by atoms with E-state index in [2.05, 4.69) is 0 Å². The van der Waals surface area contributed by atoms with Gasteiger partial charge in [0, 0.05) is 12.3 Å². The first-order chi connectivity index (χ1) is 10.7. The molecule has 12 heteroatoms. The van der Waals surface area contributed by atoms with Crippen LogP contribution in [0.2, 0.25) is 0 Å². The van der Waals surface area contributed by atoms with Crippen molar-refractivity contribution in [1.29, 1.82) is 0 Å². The van der Waals surface area contributed by atoms with Crippen LogP contribution in [0.4, 0.5) is 15.8 Å². The third-order valence-electron chi connectivity index (χ3n) is 2.76. The zero-order valence-electron chi connectivity index (χ0n) is 10.9. The van der Waals surface area contributed by atoms with Crippen LogP contribution in [-0.2, 0) is 0 Å². The number of aromatic nitrogens is 2. The van der Waals surface area contributed by atoms with Gasteiger partial charge in [0.05, 0.1) is 15.9 Å². The second-order valence-electron chi connectivity index (χ2n) is 4.10. The number of nitro groups is 2. The van der Waals surface area contributed by atoms with Crippen molar-refractivity contribution in [1.82, 2.24) is 9.55 Å². The quantitative estimate of drug-likeness (QED) is 0.622. The monoisotopic (exact) mass is 324 g/mol. The van der Waals surface area contributed by atoms with Gasteiger partial charge in [-0.1, -0.05) is 0 Å². The summed E-state index contributed by atoms with van der Waals surface area (Å²) in [5.74, 6) is -2.94. The van der Waals surface area contributed by atoms with Crippen molar-refractivity contribution in [3.8, 4) is 0 Å². The number of aromatic amines is 1. The molecule has 0 unspecified atom stereocenters. The number of H-pyrrole nitrogens is 1. The lowest BCUT2D eigenvalue weighted by molar-refractivity contribution is -0.394. The number of nitrogens with one attached hydrogen (secondary N) is 1. The Kier molecular flexibility index (Phi) is 3.81. The summed E-state index contributed by atoms with van der Waals surface area (Å²) in [6.45, 7) is 0. The van der Waals surface area contributed by atoms with Crippen molar-refractivity contribution < 1.29 is 19.0 Å². The molecule has 1 N–H and O–H groups in total. The molecule has 1 aromatic carbocycles. The number of rotatable bonds is 3. The average molecular weight is 324 g/mol. The molecule has 0 atom stereocenters. The highest BCUT2D eigenvalue weighted by molar-refractivity contribution is 5.99. The molecule has 0 aliphatic carbocycles. The van der Waals surface area contributed by atoms with E-state index in [4.69, 9.17) is 0 Å². The van der Waals surface area contributed by atoms with Crippen molar-refractivity contribution in [3.63, 3.8) is 0 Å². The Morgan fingerprint density at radius 1 is 1.17 bits per heavy atom. The highest BCUT2D eigenvalue weighted by atomic mass is 19.1. The van der Waals surface area contributed by atoms with Crippen LogP contribution in [0.1, 0.15) is 10.4 Å². The van der Waals surface area contributed by atoms with Gasteiger partial charge < -0.3 is 4.98 Å². The van der Waals surface area contributed by atoms with E-state index in [0.29, 0.717) is 18.3 Å². The Morgan fingerprint density at radius 3 is 2.39 bits per heavy atom. The van der Waals surface area contributed by atoms with Gasteiger partial charge in [-0.2, -0.15) is 8.96 Å².